The van der Waals surface area contributed by atoms with Gasteiger partial charge < -0.3 is 15.4 Å². The van der Waals surface area contributed by atoms with E-state index in [1.165, 1.54) is 12.8 Å². The molecule has 1 rings (SSSR count). The van der Waals surface area contributed by atoms with Gasteiger partial charge in [-0.2, -0.15) is 0 Å². The first-order chi connectivity index (χ1) is 9.51. The summed E-state index contributed by atoms with van der Waals surface area (Å²) >= 11 is 0. The SMILES string of the molecule is CN=C(NCCCC(C)(C)C)NCCN1CCOCC1.I. The van der Waals surface area contributed by atoms with Gasteiger partial charge in [0.15, 0.2) is 5.96 Å². The molecule has 0 aliphatic carbocycles. The molecule has 2 N–H and O–H groups in total. The van der Waals surface area contributed by atoms with E-state index in [9.17, 15) is 0 Å². The van der Waals surface area contributed by atoms with E-state index in [2.05, 4.69) is 41.3 Å². The lowest BCUT2D eigenvalue weighted by Crippen LogP contribution is -2.44. The summed E-state index contributed by atoms with van der Waals surface area (Å²) in [7, 11) is 1.83. The fourth-order valence-electron chi connectivity index (χ4n) is 2.20. The summed E-state index contributed by atoms with van der Waals surface area (Å²) in [5.41, 5.74) is 0.412. The standard InChI is InChI=1S/C15H32N4O.HI/c1-15(2,3)6-5-7-17-14(16-4)18-8-9-19-10-12-20-13-11-19;/h5-13H2,1-4H3,(H2,16,17,18);1H. The van der Waals surface area contributed by atoms with Crippen LogP contribution >= 0.6 is 24.0 Å². The highest BCUT2D eigenvalue weighted by Crippen LogP contribution is 2.19. The smallest absolute Gasteiger partial charge is 0.191 e. The lowest BCUT2D eigenvalue weighted by molar-refractivity contribution is 0.0389. The molecule has 0 aromatic carbocycles. The Labute approximate surface area is 147 Å². The molecule has 1 saturated heterocycles. The molecule has 0 unspecified atom stereocenters. The van der Waals surface area contributed by atoms with Gasteiger partial charge in [0.25, 0.3) is 0 Å². The number of hydrogen-bond donors (Lipinski definition) is 2. The van der Waals surface area contributed by atoms with Crippen molar-refractivity contribution in [1.29, 1.82) is 0 Å². The molecule has 0 atom stereocenters. The first kappa shape index (κ1) is 20.9. The largest absolute Gasteiger partial charge is 0.379 e. The number of nitrogens with one attached hydrogen (secondary N) is 2. The van der Waals surface area contributed by atoms with Gasteiger partial charge in [0.05, 0.1) is 13.2 Å². The van der Waals surface area contributed by atoms with E-state index in [4.69, 9.17) is 4.74 Å². The van der Waals surface area contributed by atoms with Gasteiger partial charge in [-0.1, -0.05) is 20.8 Å². The van der Waals surface area contributed by atoms with Gasteiger partial charge >= 0.3 is 0 Å². The van der Waals surface area contributed by atoms with Gasteiger partial charge in [0, 0.05) is 39.8 Å². The number of halogens is 1. The summed E-state index contributed by atoms with van der Waals surface area (Å²) in [5, 5.41) is 6.75. The third-order valence-corrected chi connectivity index (χ3v) is 3.44. The molecule has 1 fully saturated rings. The monoisotopic (exact) mass is 412 g/mol. The van der Waals surface area contributed by atoms with E-state index in [1.807, 2.05) is 7.05 Å². The molecule has 1 aliphatic heterocycles. The van der Waals surface area contributed by atoms with E-state index in [0.717, 1.165) is 51.9 Å². The second-order valence-corrected chi connectivity index (χ2v) is 6.54. The summed E-state index contributed by atoms with van der Waals surface area (Å²) < 4.78 is 5.34. The molecular formula is C15H33IN4O. The molecule has 0 radical (unpaired) electrons. The van der Waals surface area contributed by atoms with Gasteiger partial charge in [-0.15, -0.1) is 24.0 Å². The molecule has 126 valence electrons. The second kappa shape index (κ2) is 11.5. The molecule has 0 amide bonds. The zero-order valence-corrected chi connectivity index (χ0v) is 16.4. The molecule has 5 nitrogen and oxygen atoms in total. The predicted octanol–water partition coefficient (Wildman–Crippen LogP) is 1.93. The molecular weight excluding hydrogens is 379 g/mol. The summed E-state index contributed by atoms with van der Waals surface area (Å²) in [4.78, 5) is 6.68. The number of nitrogens with zero attached hydrogens (tertiary/aromatic N) is 2. The number of hydrogen-bond acceptors (Lipinski definition) is 3. The maximum atomic E-state index is 5.34. The van der Waals surface area contributed by atoms with Crippen molar-refractivity contribution in [2.75, 3.05) is 53.0 Å². The molecule has 0 aromatic rings. The second-order valence-electron chi connectivity index (χ2n) is 6.54. The molecule has 6 heteroatoms. The van der Waals surface area contributed by atoms with E-state index in [-0.39, 0.29) is 24.0 Å². The van der Waals surface area contributed by atoms with Crippen molar-refractivity contribution in [2.45, 2.75) is 33.6 Å². The summed E-state index contributed by atoms with van der Waals surface area (Å²) in [6.07, 6.45) is 2.40. The summed E-state index contributed by atoms with van der Waals surface area (Å²) in [6, 6.07) is 0. The van der Waals surface area contributed by atoms with Crippen LogP contribution in [0.25, 0.3) is 0 Å². The third-order valence-electron chi connectivity index (χ3n) is 3.44. The molecule has 0 saturated carbocycles. The van der Waals surface area contributed by atoms with E-state index in [1.54, 1.807) is 0 Å². The van der Waals surface area contributed by atoms with Crippen molar-refractivity contribution in [3.8, 4) is 0 Å². The zero-order chi connectivity index (χ0) is 14.8. The molecule has 0 aromatic heterocycles. The minimum atomic E-state index is 0. The van der Waals surface area contributed by atoms with Crippen molar-refractivity contribution in [1.82, 2.24) is 15.5 Å². The van der Waals surface area contributed by atoms with E-state index < -0.39 is 0 Å². The lowest BCUT2D eigenvalue weighted by Gasteiger charge is -2.26. The number of aliphatic imine (C=N–C) groups is 1. The Hall–Kier alpha value is -0.0800. The average Bonchev–Trinajstić information content (AvgIpc) is 2.41. The molecule has 21 heavy (non-hydrogen) atoms. The fourth-order valence-corrected chi connectivity index (χ4v) is 2.20. The van der Waals surface area contributed by atoms with Crippen LogP contribution < -0.4 is 10.6 Å². The van der Waals surface area contributed by atoms with Gasteiger partial charge in [-0.25, -0.2) is 0 Å². The van der Waals surface area contributed by atoms with Crippen LogP contribution in [0.5, 0.6) is 0 Å². The van der Waals surface area contributed by atoms with Crippen LogP contribution in [0.1, 0.15) is 33.6 Å². The number of guanidine groups is 1. The van der Waals surface area contributed by atoms with E-state index >= 15 is 0 Å². The normalized spacial score (nSPS) is 17.2. The number of rotatable bonds is 6. The minimum absolute atomic E-state index is 0. The molecule has 1 aliphatic rings. The van der Waals surface area contributed by atoms with Crippen LogP contribution in [-0.2, 0) is 4.74 Å². The topological polar surface area (TPSA) is 48.9 Å². The summed E-state index contributed by atoms with van der Waals surface area (Å²) in [6.45, 7) is 13.6. The number of morpholine rings is 1. The van der Waals surface area contributed by atoms with Crippen LogP contribution in [0.4, 0.5) is 0 Å². The Balaban J connectivity index is 0.00000400. The zero-order valence-electron chi connectivity index (χ0n) is 14.1. The van der Waals surface area contributed by atoms with Crippen LogP contribution in [0.3, 0.4) is 0 Å². The Kier molecular flexibility index (Phi) is 11.4. The van der Waals surface area contributed by atoms with Crippen molar-refractivity contribution < 1.29 is 4.74 Å². The average molecular weight is 412 g/mol. The molecule has 0 bridgehead atoms. The highest BCUT2D eigenvalue weighted by atomic mass is 127. The Morgan fingerprint density at radius 3 is 2.33 bits per heavy atom. The van der Waals surface area contributed by atoms with Crippen LogP contribution in [0, 0.1) is 5.41 Å². The quantitative estimate of drug-likeness (QED) is 0.303. The number of ether oxygens (including phenoxy) is 1. The first-order valence-electron chi connectivity index (χ1n) is 7.76. The first-order valence-corrected chi connectivity index (χ1v) is 7.76. The van der Waals surface area contributed by atoms with Gasteiger partial charge in [0.1, 0.15) is 0 Å². The Morgan fingerprint density at radius 1 is 1.14 bits per heavy atom. The van der Waals surface area contributed by atoms with Crippen LogP contribution in [-0.4, -0.2) is 63.8 Å². The summed E-state index contributed by atoms with van der Waals surface area (Å²) in [5.74, 6) is 0.909. The van der Waals surface area contributed by atoms with Crippen molar-refractivity contribution in [2.24, 2.45) is 10.4 Å². The van der Waals surface area contributed by atoms with Crippen molar-refractivity contribution in [3.05, 3.63) is 0 Å². The van der Waals surface area contributed by atoms with Gasteiger partial charge in [-0.3, -0.25) is 9.89 Å². The molecule has 1 heterocycles. The van der Waals surface area contributed by atoms with Crippen LogP contribution in [0.2, 0.25) is 0 Å². The van der Waals surface area contributed by atoms with E-state index in [0.29, 0.717) is 5.41 Å². The van der Waals surface area contributed by atoms with Crippen LogP contribution in [0.15, 0.2) is 4.99 Å². The molecule has 0 spiro atoms. The van der Waals surface area contributed by atoms with Gasteiger partial charge in [-0.05, 0) is 18.3 Å². The van der Waals surface area contributed by atoms with Crippen molar-refractivity contribution >= 4 is 29.9 Å². The predicted molar refractivity (Wildman–Crippen MR) is 101 cm³/mol. The Bertz CT molecular complexity index is 286. The maximum Gasteiger partial charge on any atom is 0.191 e. The minimum Gasteiger partial charge on any atom is -0.379 e. The Morgan fingerprint density at radius 2 is 1.76 bits per heavy atom. The third kappa shape index (κ3) is 11.2. The van der Waals surface area contributed by atoms with Gasteiger partial charge in [0.2, 0.25) is 0 Å². The lowest BCUT2D eigenvalue weighted by atomic mass is 9.91. The maximum absolute atomic E-state index is 5.34. The van der Waals surface area contributed by atoms with Crippen molar-refractivity contribution in [3.63, 3.8) is 0 Å². The fraction of sp³-hybridized carbons (Fsp3) is 0.933. The highest BCUT2D eigenvalue weighted by molar-refractivity contribution is 14.0. The highest BCUT2D eigenvalue weighted by Gasteiger charge is 2.10.